The van der Waals surface area contributed by atoms with Gasteiger partial charge in [-0.2, -0.15) is 0 Å². The molecule has 1 amide bonds. The van der Waals surface area contributed by atoms with Crippen molar-refractivity contribution < 1.29 is 29.3 Å². The highest BCUT2D eigenvalue weighted by Gasteiger charge is 2.29. The van der Waals surface area contributed by atoms with E-state index in [2.05, 4.69) is 0 Å². The lowest BCUT2D eigenvalue weighted by atomic mass is 10.0. The molecule has 0 saturated carbocycles. The molecule has 0 aromatic heterocycles. The van der Waals surface area contributed by atoms with Gasteiger partial charge in [0.25, 0.3) is 0 Å². The van der Waals surface area contributed by atoms with Gasteiger partial charge in [-0.05, 0) is 29.3 Å². The molecule has 7 nitrogen and oxygen atoms in total. The van der Waals surface area contributed by atoms with Gasteiger partial charge in [0.1, 0.15) is 18.2 Å². The second-order valence-electron chi connectivity index (χ2n) is 4.21. The number of amides is 1. The lowest BCUT2D eigenvalue weighted by molar-refractivity contribution is -0.134. The summed E-state index contributed by atoms with van der Waals surface area (Å²) in [6, 6.07) is 3.26. The Balaban J connectivity index is 2.10. The molecule has 1 aromatic rings. The number of aliphatic carboxylic acids is 1. The fourth-order valence-electron chi connectivity index (χ4n) is 2.10. The molecule has 2 N–H and O–H groups in total. The lowest BCUT2D eigenvalue weighted by Gasteiger charge is -2.26. The van der Waals surface area contributed by atoms with E-state index in [-0.39, 0.29) is 12.2 Å². The van der Waals surface area contributed by atoms with E-state index in [4.69, 9.17) is 19.7 Å². The Morgan fingerprint density at radius 2 is 1.75 bits per heavy atom. The second-order valence-corrected chi connectivity index (χ2v) is 4.21. The van der Waals surface area contributed by atoms with Gasteiger partial charge in [-0.3, -0.25) is 4.90 Å². The Hall–Kier alpha value is -2.96. The predicted molar refractivity (Wildman–Crippen MR) is 66.0 cm³/mol. The largest absolute Gasteiger partial charge is 0.477 e. The minimum atomic E-state index is -1.32. The number of carbonyl (C=O) groups is 2. The zero-order valence-electron chi connectivity index (χ0n) is 10.1. The molecular formula is C13H9NO6. The van der Waals surface area contributed by atoms with Crippen molar-refractivity contribution >= 4 is 18.1 Å². The number of hydrogen-bond donors (Lipinski definition) is 2. The molecular weight excluding hydrogens is 266 g/mol. The second kappa shape index (κ2) is 4.30. The number of nitrogens with zero attached hydrogens (tertiary/aromatic N) is 1. The van der Waals surface area contributed by atoms with Crippen LogP contribution in [0.5, 0.6) is 11.5 Å². The number of rotatable bonds is 1. The van der Waals surface area contributed by atoms with Crippen LogP contribution in [-0.2, 0) is 11.3 Å². The van der Waals surface area contributed by atoms with Crippen molar-refractivity contribution in [3.63, 3.8) is 0 Å². The third-order valence-electron chi connectivity index (χ3n) is 3.01. The molecule has 1 aromatic carbocycles. The molecule has 0 radical (unpaired) electrons. The number of hydrogen-bond acceptors (Lipinski definition) is 4. The van der Waals surface area contributed by atoms with Crippen molar-refractivity contribution in [1.29, 1.82) is 0 Å². The molecule has 0 atom stereocenters. The molecule has 0 saturated heterocycles. The van der Waals surface area contributed by atoms with Crippen LogP contribution in [0, 0.1) is 0 Å². The summed E-state index contributed by atoms with van der Waals surface area (Å²) in [6.45, 7) is -0.0524. The zero-order valence-corrected chi connectivity index (χ0v) is 10.1. The van der Waals surface area contributed by atoms with E-state index in [9.17, 15) is 9.59 Å². The monoisotopic (exact) mass is 275 g/mol. The highest BCUT2D eigenvalue weighted by molar-refractivity contribution is 5.96. The first kappa shape index (κ1) is 12.1. The Kier molecular flexibility index (Phi) is 2.60. The van der Waals surface area contributed by atoms with E-state index in [0.29, 0.717) is 22.6 Å². The Labute approximate surface area is 112 Å². The van der Waals surface area contributed by atoms with Crippen LogP contribution in [0.4, 0.5) is 4.79 Å². The van der Waals surface area contributed by atoms with E-state index in [1.54, 1.807) is 12.1 Å². The van der Waals surface area contributed by atoms with Gasteiger partial charge in [0.15, 0.2) is 11.5 Å². The van der Waals surface area contributed by atoms with Crippen molar-refractivity contribution in [1.82, 2.24) is 4.90 Å². The van der Waals surface area contributed by atoms with E-state index < -0.39 is 12.1 Å². The molecule has 0 aliphatic carbocycles. The SMILES string of the molecule is O=C(O)C1=Cc2cc3c(cc2CN1C(=O)O)OC=CO3. The van der Waals surface area contributed by atoms with Gasteiger partial charge in [-0.1, -0.05) is 0 Å². The van der Waals surface area contributed by atoms with Crippen molar-refractivity contribution in [2.24, 2.45) is 0 Å². The first-order valence-corrected chi connectivity index (χ1v) is 5.67. The lowest BCUT2D eigenvalue weighted by Crippen LogP contribution is -2.34. The number of benzene rings is 1. The molecule has 2 heterocycles. The molecule has 20 heavy (non-hydrogen) atoms. The summed E-state index contributed by atoms with van der Waals surface area (Å²) in [7, 11) is 0. The van der Waals surface area contributed by atoms with E-state index in [1.807, 2.05) is 0 Å². The van der Waals surface area contributed by atoms with Crippen molar-refractivity contribution in [3.8, 4) is 11.5 Å². The summed E-state index contributed by atoms with van der Waals surface area (Å²) in [5.74, 6) is -0.382. The maximum atomic E-state index is 11.1. The van der Waals surface area contributed by atoms with Gasteiger partial charge >= 0.3 is 12.1 Å². The minimum Gasteiger partial charge on any atom is -0.477 e. The number of fused-ring (bicyclic) bond motifs is 2. The predicted octanol–water partition coefficient (Wildman–Crippen LogP) is 1.85. The summed E-state index contributed by atoms with van der Waals surface area (Å²) in [5, 5.41) is 18.2. The maximum Gasteiger partial charge on any atom is 0.412 e. The van der Waals surface area contributed by atoms with Crippen LogP contribution in [0.1, 0.15) is 11.1 Å². The molecule has 0 spiro atoms. The van der Waals surface area contributed by atoms with Crippen molar-refractivity contribution in [3.05, 3.63) is 41.5 Å². The van der Waals surface area contributed by atoms with Gasteiger partial charge in [0, 0.05) is 0 Å². The van der Waals surface area contributed by atoms with Gasteiger partial charge in [-0.25, -0.2) is 9.59 Å². The zero-order chi connectivity index (χ0) is 14.3. The third kappa shape index (κ3) is 1.85. The fourth-order valence-corrected chi connectivity index (χ4v) is 2.10. The number of carboxylic acids is 1. The number of carboxylic acid groups (broad SMARTS) is 2. The van der Waals surface area contributed by atoms with Crippen LogP contribution < -0.4 is 9.47 Å². The Bertz CT molecular complexity index is 676. The van der Waals surface area contributed by atoms with Crippen LogP contribution in [-0.4, -0.2) is 27.2 Å². The van der Waals surface area contributed by atoms with E-state index >= 15 is 0 Å². The smallest absolute Gasteiger partial charge is 0.412 e. The molecule has 0 fully saturated rings. The normalized spacial score (nSPS) is 15.4. The first-order chi connectivity index (χ1) is 9.56. The topological polar surface area (TPSA) is 96.3 Å². The van der Waals surface area contributed by atoms with Crippen LogP contribution >= 0.6 is 0 Å². The first-order valence-electron chi connectivity index (χ1n) is 5.67. The molecule has 3 rings (SSSR count). The highest BCUT2D eigenvalue weighted by atomic mass is 16.5. The Morgan fingerprint density at radius 1 is 1.10 bits per heavy atom. The molecule has 0 bridgehead atoms. The summed E-state index contributed by atoms with van der Waals surface area (Å²) in [6.07, 6.45) is 2.71. The van der Waals surface area contributed by atoms with Gasteiger partial charge in [-0.15, -0.1) is 0 Å². The highest BCUT2D eigenvalue weighted by Crippen LogP contribution is 2.37. The summed E-state index contributed by atoms with van der Waals surface area (Å²) in [5.41, 5.74) is 0.949. The maximum absolute atomic E-state index is 11.1. The molecule has 0 unspecified atom stereocenters. The average Bonchev–Trinajstić information content (AvgIpc) is 2.43. The van der Waals surface area contributed by atoms with Crippen molar-refractivity contribution in [2.75, 3.05) is 0 Å². The van der Waals surface area contributed by atoms with Crippen LogP contribution in [0.15, 0.2) is 30.4 Å². The number of ether oxygens (including phenoxy) is 2. The fraction of sp³-hybridized carbons (Fsp3) is 0.0769. The van der Waals surface area contributed by atoms with Crippen LogP contribution in [0.3, 0.4) is 0 Å². The van der Waals surface area contributed by atoms with E-state index in [1.165, 1.54) is 18.6 Å². The van der Waals surface area contributed by atoms with E-state index in [0.717, 1.165) is 4.90 Å². The molecule has 2 aliphatic rings. The third-order valence-corrected chi connectivity index (χ3v) is 3.01. The molecule has 2 aliphatic heterocycles. The molecule has 102 valence electrons. The quantitative estimate of drug-likeness (QED) is 0.811. The standard InChI is InChI=1S/C13H9NO6/c15-12(16)9-3-7-4-10-11(20-2-1-19-10)5-8(7)6-14(9)13(17)18/h1-5H,6H2,(H,15,16)(H,17,18). The van der Waals surface area contributed by atoms with Gasteiger partial charge in [0.05, 0.1) is 6.54 Å². The summed E-state index contributed by atoms with van der Waals surface area (Å²) in [4.78, 5) is 23.0. The van der Waals surface area contributed by atoms with Crippen LogP contribution in [0.25, 0.3) is 6.08 Å². The minimum absolute atomic E-state index is 0.0524. The summed E-state index contributed by atoms with van der Waals surface area (Å²) >= 11 is 0. The van der Waals surface area contributed by atoms with Crippen LogP contribution in [0.2, 0.25) is 0 Å². The van der Waals surface area contributed by atoms with Gasteiger partial charge < -0.3 is 19.7 Å². The average molecular weight is 275 g/mol. The van der Waals surface area contributed by atoms with Gasteiger partial charge in [0.2, 0.25) is 0 Å². The molecule has 7 heteroatoms. The summed E-state index contributed by atoms with van der Waals surface area (Å²) < 4.78 is 10.5. The Morgan fingerprint density at radius 3 is 2.35 bits per heavy atom. The van der Waals surface area contributed by atoms with Crippen molar-refractivity contribution in [2.45, 2.75) is 6.54 Å².